The van der Waals surface area contributed by atoms with Gasteiger partial charge in [0.1, 0.15) is 11.5 Å². The van der Waals surface area contributed by atoms with E-state index in [1.807, 2.05) is 41.3 Å². The first-order valence-corrected chi connectivity index (χ1v) is 16.2. The van der Waals surface area contributed by atoms with E-state index in [4.69, 9.17) is 15.2 Å². The van der Waals surface area contributed by atoms with Crippen molar-refractivity contribution in [1.82, 2.24) is 4.90 Å². The van der Waals surface area contributed by atoms with Gasteiger partial charge in [0.15, 0.2) is 0 Å². The number of carbonyl (C=O) groups excluding carboxylic acids is 2. The summed E-state index contributed by atoms with van der Waals surface area (Å²) in [4.78, 5) is 25.9. The molecule has 230 valence electrons. The minimum atomic E-state index is -0.332. The minimum Gasteiger partial charge on any atom is -0.497 e. The van der Waals surface area contributed by atoms with E-state index >= 15 is 0 Å². The molecule has 0 bridgehead atoms. The molecule has 0 spiro atoms. The average molecular weight is 650 g/mol. The Balaban J connectivity index is 0.000000239. The first-order chi connectivity index (χ1) is 20.6. The Morgan fingerprint density at radius 2 is 1.70 bits per heavy atom. The Bertz CT molecular complexity index is 1400. The number of ether oxygens (including phenoxy) is 2. The van der Waals surface area contributed by atoms with Gasteiger partial charge < -0.3 is 20.1 Å². The molecule has 5 rings (SSSR count). The van der Waals surface area contributed by atoms with Crippen LogP contribution in [0.3, 0.4) is 0 Å². The van der Waals surface area contributed by atoms with Crippen LogP contribution in [0.2, 0.25) is 0 Å². The third-order valence-electron chi connectivity index (χ3n) is 8.36. The van der Waals surface area contributed by atoms with Crippen molar-refractivity contribution in [3.05, 3.63) is 93.0 Å². The number of nitrogens with zero attached hydrogens (tertiary/aromatic N) is 1. The van der Waals surface area contributed by atoms with Crippen molar-refractivity contribution in [3.8, 4) is 11.5 Å². The van der Waals surface area contributed by atoms with Crippen molar-refractivity contribution in [2.24, 2.45) is 5.73 Å². The van der Waals surface area contributed by atoms with E-state index in [-0.39, 0.29) is 23.8 Å². The van der Waals surface area contributed by atoms with Crippen LogP contribution in [0, 0.1) is 0 Å². The molecule has 7 heteroatoms. The van der Waals surface area contributed by atoms with Gasteiger partial charge in [0.2, 0.25) is 11.8 Å². The van der Waals surface area contributed by atoms with Gasteiger partial charge in [-0.15, -0.1) is 0 Å². The van der Waals surface area contributed by atoms with Crippen molar-refractivity contribution in [2.75, 3.05) is 13.7 Å². The highest BCUT2D eigenvalue weighted by Crippen LogP contribution is 2.38. The molecule has 43 heavy (non-hydrogen) atoms. The lowest BCUT2D eigenvalue weighted by Gasteiger charge is -2.21. The Morgan fingerprint density at radius 1 is 1.00 bits per heavy atom. The second-order valence-corrected chi connectivity index (χ2v) is 13.1. The van der Waals surface area contributed by atoms with E-state index in [0.717, 1.165) is 52.0 Å². The van der Waals surface area contributed by atoms with Crippen molar-refractivity contribution in [2.45, 2.75) is 90.2 Å². The van der Waals surface area contributed by atoms with Crippen LogP contribution in [-0.4, -0.2) is 36.5 Å². The molecule has 0 unspecified atom stereocenters. The van der Waals surface area contributed by atoms with Crippen molar-refractivity contribution in [3.63, 3.8) is 0 Å². The first-order valence-electron chi connectivity index (χ1n) is 15.4. The minimum absolute atomic E-state index is 0.158. The lowest BCUT2D eigenvalue weighted by molar-refractivity contribution is -0.128. The fourth-order valence-corrected chi connectivity index (χ4v) is 6.42. The molecule has 1 atom stereocenters. The Morgan fingerprint density at radius 3 is 2.30 bits per heavy atom. The predicted octanol–water partition coefficient (Wildman–Crippen LogP) is 8.33. The Kier molecular flexibility index (Phi) is 11.3. The second kappa shape index (κ2) is 14.9. The molecule has 2 fully saturated rings. The first kappa shape index (κ1) is 32.6. The Hall–Kier alpha value is -3.32. The molecule has 3 aromatic rings. The summed E-state index contributed by atoms with van der Waals surface area (Å²) in [5.74, 6) is 2.46. The van der Waals surface area contributed by atoms with Crippen LogP contribution in [0.1, 0.15) is 110 Å². The molecule has 0 aromatic heterocycles. The molecular formula is C36H45BrN2O4. The highest BCUT2D eigenvalue weighted by atomic mass is 79.9. The van der Waals surface area contributed by atoms with Crippen LogP contribution in [0.25, 0.3) is 0 Å². The van der Waals surface area contributed by atoms with E-state index in [1.54, 1.807) is 7.11 Å². The summed E-state index contributed by atoms with van der Waals surface area (Å²) in [6.07, 6.45) is 5.48. The van der Waals surface area contributed by atoms with Gasteiger partial charge in [-0.1, -0.05) is 74.0 Å². The lowest BCUT2D eigenvalue weighted by Crippen LogP contribution is -2.24. The van der Waals surface area contributed by atoms with E-state index in [2.05, 4.69) is 67.9 Å². The quantitative estimate of drug-likeness (QED) is 0.253. The highest BCUT2D eigenvalue weighted by molar-refractivity contribution is 9.10. The monoisotopic (exact) mass is 648 g/mol. The second-order valence-electron chi connectivity index (χ2n) is 12.2. The standard InChI is InChI=1S/C23H26BrNO3.C13H19NO/c1-27-20-10-11-21(22(13-20)28-19-4-2-3-5-19)17-12-23(26)25(15-17)14-16-6-8-18(24)9-7-16;1-8(2)10-6-5-7-11(13(14)15)12(10)9(3)4/h6-11,13,17,19H,2-5,12,14-15H2,1H3;5-9H,1-4H3,(H2,14,15)/t17-;/m0./s1. The third kappa shape index (κ3) is 8.41. The smallest absolute Gasteiger partial charge is 0.248 e. The summed E-state index contributed by atoms with van der Waals surface area (Å²) in [7, 11) is 1.67. The van der Waals surface area contributed by atoms with Gasteiger partial charge >= 0.3 is 0 Å². The zero-order chi connectivity index (χ0) is 31.1. The SMILES string of the molecule is CC(C)c1cccc(C(N)=O)c1C(C)C.COc1ccc([C@H]2CC(=O)N(Cc3ccc(Br)cc3)C2)c(OC2CCCC2)c1. The zero-order valence-corrected chi connectivity index (χ0v) is 27.7. The number of hydrogen-bond acceptors (Lipinski definition) is 4. The van der Waals surface area contributed by atoms with Gasteiger partial charge in [-0.2, -0.15) is 0 Å². The fraction of sp³-hybridized carbons (Fsp3) is 0.444. The molecule has 1 saturated carbocycles. The molecule has 2 N–H and O–H groups in total. The summed E-state index contributed by atoms with van der Waals surface area (Å²) in [6.45, 7) is 9.82. The van der Waals surface area contributed by atoms with E-state index < -0.39 is 0 Å². The topological polar surface area (TPSA) is 81.9 Å². The lowest BCUT2D eigenvalue weighted by atomic mass is 9.87. The van der Waals surface area contributed by atoms with Crippen LogP contribution in [0.4, 0.5) is 0 Å². The summed E-state index contributed by atoms with van der Waals surface area (Å²) in [5.41, 5.74) is 10.6. The molecule has 1 heterocycles. The molecule has 1 aliphatic carbocycles. The maximum Gasteiger partial charge on any atom is 0.248 e. The number of likely N-dealkylation sites (tertiary alicyclic amines) is 1. The van der Waals surface area contributed by atoms with Crippen LogP contribution in [-0.2, 0) is 11.3 Å². The molecule has 3 aromatic carbocycles. The van der Waals surface area contributed by atoms with Crippen molar-refractivity contribution < 1.29 is 19.1 Å². The molecule has 1 saturated heterocycles. The van der Waals surface area contributed by atoms with Gasteiger partial charge in [0.25, 0.3) is 0 Å². The molecule has 0 radical (unpaired) electrons. The van der Waals surface area contributed by atoms with Gasteiger partial charge in [-0.3, -0.25) is 9.59 Å². The number of halogens is 1. The summed E-state index contributed by atoms with van der Waals surface area (Å²) in [5, 5.41) is 0. The predicted molar refractivity (Wildman–Crippen MR) is 176 cm³/mol. The van der Waals surface area contributed by atoms with Crippen molar-refractivity contribution in [1.29, 1.82) is 0 Å². The molecule has 2 aliphatic rings. The number of methoxy groups -OCH3 is 1. The molecule has 2 amide bonds. The third-order valence-corrected chi connectivity index (χ3v) is 8.89. The number of rotatable bonds is 9. The van der Waals surface area contributed by atoms with Crippen molar-refractivity contribution >= 4 is 27.7 Å². The van der Waals surface area contributed by atoms with Crippen LogP contribution < -0.4 is 15.2 Å². The van der Waals surface area contributed by atoms with Crippen LogP contribution in [0.15, 0.2) is 65.1 Å². The number of nitrogens with two attached hydrogens (primary N) is 1. The number of benzene rings is 3. The number of carbonyl (C=O) groups is 2. The van der Waals surface area contributed by atoms with E-state index in [0.29, 0.717) is 30.4 Å². The highest BCUT2D eigenvalue weighted by Gasteiger charge is 2.33. The number of primary amides is 1. The van der Waals surface area contributed by atoms with Gasteiger partial charge in [-0.25, -0.2) is 0 Å². The summed E-state index contributed by atoms with van der Waals surface area (Å²) < 4.78 is 12.8. The Labute approximate surface area is 265 Å². The molecule has 6 nitrogen and oxygen atoms in total. The van der Waals surface area contributed by atoms with E-state index in [1.165, 1.54) is 18.4 Å². The average Bonchev–Trinajstić information content (AvgIpc) is 3.63. The maximum absolute atomic E-state index is 12.7. The largest absolute Gasteiger partial charge is 0.497 e. The van der Waals surface area contributed by atoms with Crippen LogP contribution >= 0.6 is 15.9 Å². The summed E-state index contributed by atoms with van der Waals surface area (Å²) >= 11 is 3.46. The maximum atomic E-state index is 12.7. The van der Waals surface area contributed by atoms with Gasteiger partial charge in [0.05, 0.1) is 13.2 Å². The zero-order valence-electron chi connectivity index (χ0n) is 26.1. The van der Waals surface area contributed by atoms with Gasteiger partial charge in [0, 0.05) is 41.5 Å². The number of hydrogen-bond donors (Lipinski definition) is 1. The van der Waals surface area contributed by atoms with Crippen LogP contribution in [0.5, 0.6) is 11.5 Å². The van der Waals surface area contributed by atoms with Gasteiger partial charge in [-0.05, 0) is 84.0 Å². The molecule has 1 aliphatic heterocycles. The van der Waals surface area contributed by atoms with E-state index in [9.17, 15) is 9.59 Å². The number of amides is 2. The normalized spacial score (nSPS) is 16.9. The summed E-state index contributed by atoms with van der Waals surface area (Å²) in [6, 6.07) is 20.0. The molecular weight excluding hydrogens is 604 g/mol. The fourth-order valence-electron chi connectivity index (χ4n) is 6.16.